The molecule has 1 unspecified atom stereocenters. The van der Waals surface area contributed by atoms with Crippen LogP contribution in [-0.4, -0.2) is 9.04 Å². The SMILES string of the molecule is CC1=CC=C[SiH](C)O1. The average molecular weight is 126 g/mol. The van der Waals surface area contributed by atoms with Crippen molar-refractivity contribution in [3.05, 3.63) is 23.6 Å². The summed E-state index contributed by atoms with van der Waals surface area (Å²) in [5.74, 6) is 1.06. The molecule has 0 saturated heterocycles. The summed E-state index contributed by atoms with van der Waals surface area (Å²) < 4.78 is 5.40. The number of hydrogen-bond acceptors (Lipinski definition) is 1. The van der Waals surface area contributed by atoms with Gasteiger partial charge >= 0.3 is 0 Å². The predicted octanol–water partition coefficient (Wildman–Crippen LogP) is 1.37. The van der Waals surface area contributed by atoms with E-state index in [9.17, 15) is 0 Å². The lowest BCUT2D eigenvalue weighted by Crippen LogP contribution is -2.10. The highest BCUT2D eigenvalue weighted by molar-refractivity contribution is 6.56. The highest BCUT2D eigenvalue weighted by Gasteiger charge is 2.02. The Morgan fingerprint density at radius 1 is 1.62 bits per heavy atom. The van der Waals surface area contributed by atoms with Crippen LogP contribution in [0.4, 0.5) is 0 Å². The molecule has 0 aromatic heterocycles. The van der Waals surface area contributed by atoms with Crippen LogP contribution in [0, 0.1) is 0 Å². The number of allylic oxidation sites excluding steroid dienone is 3. The van der Waals surface area contributed by atoms with Gasteiger partial charge < -0.3 is 4.43 Å². The molecule has 2 heteroatoms. The third-order valence-electron chi connectivity index (χ3n) is 1.08. The first kappa shape index (κ1) is 5.63. The van der Waals surface area contributed by atoms with Gasteiger partial charge in [0.1, 0.15) is 0 Å². The van der Waals surface area contributed by atoms with Gasteiger partial charge in [0, 0.05) is 0 Å². The largest absolute Gasteiger partial charge is 0.546 e. The summed E-state index contributed by atoms with van der Waals surface area (Å²) in [7, 11) is -0.901. The van der Waals surface area contributed by atoms with E-state index in [0.717, 1.165) is 5.76 Å². The van der Waals surface area contributed by atoms with E-state index in [4.69, 9.17) is 4.43 Å². The summed E-state index contributed by atoms with van der Waals surface area (Å²) in [4.78, 5) is 0. The van der Waals surface area contributed by atoms with Crippen molar-refractivity contribution in [1.82, 2.24) is 0 Å². The molecule has 1 atom stereocenters. The Balaban J connectivity index is 2.59. The summed E-state index contributed by atoms with van der Waals surface area (Å²) in [5, 5.41) is 0. The van der Waals surface area contributed by atoms with E-state index in [1.54, 1.807) is 0 Å². The maximum absolute atomic E-state index is 5.40. The predicted molar refractivity (Wildman–Crippen MR) is 37.0 cm³/mol. The molecule has 0 spiro atoms. The summed E-state index contributed by atoms with van der Waals surface area (Å²) >= 11 is 0. The fraction of sp³-hybridized carbons (Fsp3) is 0.333. The maximum Gasteiger partial charge on any atom is 0.256 e. The van der Waals surface area contributed by atoms with Gasteiger partial charge in [-0.2, -0.15) is 0 Å². The maximum atomic E-state index is 5.40. The summed E-state index contributed by atoms with van der Waals surface area (Å²) in [6.07, 6.45) is 4.07. The zero-order valence-electron chi connectivity index (χ0n) is 5.22. The number of hydrogen-bond donors (Lipinski definition) is 0. The molecule has 1 heterocycles. The Bertz CT molecular complexity index is 137. The Labute approximate surface area is 51.4 Å². The molecule has 0 saturated carbocycles. The van der Waals surface area contributed by atoms with Gasteiger partial charge in [0.25, 0.3) is 9.04 Å². The van der Waals surface area contributed by atoms with Crippen molar-refractivity contribution >= 4 is 9.04 Å². The van der Waals surface area contributed by atoms with Crippen LogP contribution < -0.4 is 0 Å². The summed E-state index contributed by atoms with van der Waals surface area (Å²) in [5.41, 5.74) is 2.16. The minimum atomic E-state index is -0.901. The van der Waals surface area contributed by atoms with E-state index >= 15 is 0 Å². The lowest BCUT2D eigenvalue weighted by Gasteiger charge is -2.12. The van der Waals surface area contributed by atoms with Gasteiger partial charge in [-0.05, 0) is 19.5 Å². The standard InChI is InChI=1S/C6H10OSi/c1-6-4-3-5-8(2)7-6/h3-5,8H,1-2H3. The molecule has 0 aromatic rings. The molecule has 8 heavy (non-hydrogen) atoms. The van der Waals surface area contributed by atoms with Crippen LogP contribution in [-0.2, 0) is 4.43 Å². The van der Waals surface area contributed by atoms with Gasteiger partial charge in [-0.15, -0.1) is 0 Å². The van der Waals surface area contributed by atoms with Gasteiger partial charge in [0.2, 0.25) is 0 Å². The molecular formula is C6H10OSi. The zero-order chi connectivity index (χ0) is 5.98. The molecule has 0 aromatic carbocycles. The van der Waals surface area contributed by atoms with Gasteiger partial charge in [0.15, 0.2) is 0 Å². The molecule has 44 valence electrons. The van der Waals surface area contributed by atoms with E-state index in [1.165, 1.54) is 0 Å². The molecule has 1 aliphatic heterocycles. The van der Waals surface area contributed by atoms with Crippen molar-refractivity contribution in [2.45, 2.75) is 13.5 Å². The molecule has 0 aliphatic carbocycles. The highest BCUT2D eigenvalue weighted by atomic mass is 28.3. The second-order valence-corrected chi connectivity index (χ2v) is 4.02. The first-order valence-electron chi connectivity index (χ1n) is 2.81. The van der Waals surface area contributed by atoms with Crippen molar-refractivity contribution in [3.8, 4) is 0 Å². The van der Waals surface area contributed by atoms with E-state index in [0.29, 0.717) is 0 Å². The quantitative estimate of drug-likeness (QED) is 0.445. The third-order valence-corrected chi connectivity index (χ3v) is 2.59. The monoisotopic (exact) mass is 126 g/mol. The van der Waals surface area contributed by atoms with Crippen LogP contribution in [0.25, 0.3) is 0 Å². The van der Waals surface area contributed by atoms with Gasteiger partial charge in [-0.25, -0.2) is 0 Å². The number of rotatable bonds is 0. The zero-order valence-corrected chi connectivity index (χ0v) is 6.37. The molecular weight excluding hydrogens is 116 g/mol. The Morgan fingerprint density at radius 3 is 2.75 bits per heavy atom. The van der Waals surface area contributed by atoms with E-state index in [-0.39, 0.29) is 0 Å². The Kier molecular flexibility index (Phi) is 1.53. The van der Waals surface area contributed by atoms with Crippen LogP contribution in [0.2, 0.25) is 6.55 Å². The van der Waals surface area contributed by atoms with E-state index < -0.39 is 9.04 Å². The lowest BCUT2D eigenvalue weighted by atomic mass is 10.5. The van der Waals surface area contributed by atoms with Crippen molar-refractivity contribution in [3.63, 3.8) is 0 Å². The molecule has 1 rings (SSSR count). The molecule has 0 radical (unpaired) electrons. The first-order valence-corrected chi connectivity index (χ1v) is 5.10. The van der Waals surface area contributed by atoms with Gasteiger partial charge in [-0.1, -0.05) is 11.8 Å². The van der Waals surface area contributed by atoms with Gasteiger partial charge in [0.05, 0.1) is 5.76 Å². The van der Waals surface area contributed by atoms with Crippen molar-refractivity contribution in [1.29, 1.82) is 0 Å². The Morgan fingerprint density at radius 2 is 2.38 bits per heavy atom. The van der Waals surface area contributed by atoms with Crippen LogP contribution in [0.1, 0.15) is 6.92 Å². The summed E-state index contributed by atoms with van der Waals surface area (Å²) in [6.45, 7) is 4.15. The van der Waals surface area contributed by atoms with Crippen molar-refractivity contribution in [2.24, 2.45) is 0 Å². The van der Waals surface area contributed by atoms with Crippen LogP contribution >= 0.6 is 0 Å². The van der Waals surface area contributed by atoms with Crippen LogP contribution in [0.3, 0.4) is 0 Å². The van der Waals surface area contributed by atoms with Gasteiger partial charge in [-0.3, -0.25) is 0 Å². The molecule has 1 aliphatic rings. The fourth-order valence-electron chi connectivity index (χ4n) is 0.719. The molecule has 1 nitrogen and oxygen atoms in total. The molecule has 0 N–H and O–H groups in total. The normalized spacial score (nSPS) is 26.8. The van der Waals surface area contributed by atoms with Crippen molar-refractivity contribution in [2.75, 3.05) is 0 Å². The van der Waals surface area contributed by atoms with E-state index in [1.807, 2.05) is 13.0 Å². The third kappa shape index (κ3) is 1.23. The van der Waals surface area contributed by atoms with Crippen LogP contribution in [0.15, 0.2) is 23.6 Å². The second kappa shape index (κ2) is 2.18. The second-order valence-electron chi connectivity index (χ2n) is 1.99. The molecule has 0 bridgehead atoms. The average Bonchev–Trinajstić information content (AvgIpc) is 1.64. The van der Waals surface area contributed by atoms with E-state index in [2.05, 4.69) is 18.3 Å². The fourth-order valence-corrected chi connectivity index (χ4v) is 1.89. The summed E-state index contributed by atoms with van der Waals surface area (Å²) in [6, 6.07) is 0. The smallest absolute Gasteiger partial charge is 0.256 e. The topological polar surface area (TPSA) is 9.23 Å². The minimum Gasteiger partial charge on any atom is -0.546 e. The Hall–Kier alpha value is -0.503. The lowest BCUT2D eigenvalue weighted by molar-refractivity contribution is 0.444. The highest BCUT2D eigenvalue weighted by Crippen LogP contribution is 2.05. The minimum absolute atomic E-state index is 0.901. The van der Waals surface area contributed by atoms with Crippen LogP contribution in [0.5, 0.6) is 0 Å². The van der Waals surface area contributed by atoms with Crippen molar-refractivity contribution < 1.29 is 4.43 Å². The molecule has 0 amide bonds. The molecule has 0 fully saturated rings. The first-order chi connectivity index (χ1) is 3.79.